The van der Waals surface area contributed by atoms with E-state index in [2.05, 4.69) is 0 Å². The van der Waals surface area contributed by atoms with Gasteiger partial charge in [-0.15, -0.1) is 0 Å². The molecule has 0 saturated heterocycles. The Balaban J connectivity index is 2.17. The Kier molecular flexibility index (Phi) is 4.82. The molecule has 21 heavy (non-hydrogen) atoms. The SMILES string of the molecule is COC(=O)N(C)c1ccccc1COc1ccccc1C. The number of hydrogen-bond donors (Lipinski definition) is 0. The van der Waals surface area contributed by atoms with Crippen LogP contribution in [-0.2, 0) is 11.3 Å². The largest absolute Gasteiger partial charge is 0.489 e. The predicted octanol–water partition coefficient (Wildman–Crippen LogP) is 3.78. The van der Waals surface area contributed by atoms with E-state index >= 15 is 0 Å². The van der Waals surface area contributed by atoms with Gasteiger partial charge in [-0.3, -0.25) is 4.90 Å². The Bertz CT molecular complexity index is 625. The summed E-state index contributed by atoms with van der Waals surface area (Å²) in [6, 6.07) is 15.5. The summed E-state index contributed by atoms with van der Waals surface area (Å²) in [7, 11) is 3.05. The summed E-state index contributed by atoms with van der Waals surface area (Å²) in [6.07, 6.45) is -0.404. The molecule has 0 saturated carbocycles. The Hall–Kier alpha value is -2.49. The minimum atomic E-state index is -0.404. The number of nitrogens with zero attached hydrogens (tertiary/aromatic N) is 1. The standard InChI is InChI=1S/C17H19NO3/c1-13-8-4-7-11-16(13)21-12-14-9-5-6-10-15(14)18(2)17(19)20-3/h4-11H,12H2,1-3H3. The second-order valence-electron chi connectivity index (χ2n) is 4.71. The van der Waals surface area contributed by atoms with Crippen molar-refractivity contribution < 1.29 is 14.3 Å². The minimum Gasteiger partial charge on any atom is -0.489 e. The van der Waals surface area contributed by atoms with Gasteiger partial charge in [-0.25, -0.2) is 4.79 Å². The summed E-state index contributed by atoms with van der Waals surface area (Å²) in [6.45, 7) is 2.39. The molecule has 110 valence electrons. The van der Waals surface area contributed by atoms with Crippen LogP contribution in [0.15, 0.2) is 48.5 Å². The highest BCUT2D eigenvalue weighted by Crippen LogP contribution is 2.23. The molecule has 2 aromatic carbocycles. The third kappa shape index (κ3) is 3.54. The summed E-state index contributed by atoms with van der Waals surface area (Å²) in [5.74, 6) is 0.841. The van der Waals surface area contributed by atoms with Crippen LogP contribution in [0.2, 0.25) is 0 Å². The fraction of sp³-hybridized carbons (Fsp3) is 0.235. The number of methoxy groups -OCH3 is 1. The van der Waals surface area contributed by atoms with Gasteiger partial charge in [0.1, 0.15) is 12.4 Å². The van der Waals surface area contributed by atoms with Gasteiger partial charge in [0, 0.05) is 12.6 Å². The quantitative estimate of drug-likeness (QED) is 0.858. The van der Waals surface area contributed by atoms with Crippen molar-refractivity contribution in [1.29, 1.82) is 0 Å². The van der Waals surface area contributed by atoms with Crippen molar-refractivity contribution in [2.75, 3.05) is 19.1 Å². The van der Waals surface area contributed by atoms with Crippen molar-refractivity contribution >= 4 is 11.8 Å². The van der Waals surface area contributed by atoms with E-state index in [1.54, 1.807) is 7.05 Å². The maximum Gasteiger partial charge on any atom is 0.413 e. The van der Waals surface area contributed by atoms with Crippen LogP contribution in [0.4, 0.5) is 10.5 Å². The number of benzene rings is 2. The molecule has 0 aromatic heterocycles. The highest BCUT2D eigenvalue weighted by molar-refractivity contribution is 5.87. The molecule has 0 fully saturated rings. The van der Waals surface area contributed by atoms with Gasteiger partial charge in [-0.05, 0) is 24.6 Å². The van der Waals surface area contributed by atoms with Crippen LogP contribution in [-0.4, -0.2) is 20.3 Å². The van der Waals surface area contributed by atoms with Crippen molar-refractivity contribution in [1.82, 2.24) is 0 Å². The molecule has 0 unspecified atom stereocenters. The topological polar surface area (TPSA) is 38.8 Å². The number of rotatable bonds is 4. The summed E-state index contributed by atoms with van der Waals surface area (Å²) in [4.78, 5) is 13.1. The van der Waals surface area contributed by atoms with E-state index in [1.807, 2.05) is 55.5 Å². The van der Waals surface area contributed by atoms with Crippen LogP contribution in [0.1, 0.15) is 11.1 Å². The lowest BCUT2D eigenvalue weighted by Crippen LogP contribution is -2.27. The number of aryl methyl sites for hydroxylation is 1. The van der Waals surface area contributed by atoms with Gasteiger partial charge in [-0.1, -0.05) is 36.4 Å². The summed E-state index contributed by atoms with van der Waals surface area (Å²) in [5, 5.41) is 0. The molecular weight excluding hydrogens is 266 g/mol. The molecule has 0 heterocycles. The lowest BCUT2D eigenvalue weighted by molar-refractivity contribution is 0.180. The van der Waals surface area contributed by atoms with E-state index in [0.717, 1.165) is 22.6 Å². The summed E-state index contributed by atoms with van der Waals surface area (Å²) in [5.41, 5.74) is 2.78. The van der Waals surface area contributed by atoms with Gasteiger partial charge in [0.25, 0.3) is 0 Å². The highest BCUT2D eigenvalue weighted by Gasteiger charge is 2.14. The van der Waals surface area contributed by atoms with Crippen LogP contribution in [0.25, 0.3) is 0 Å². The van der Waals surface area contributed by atoms with Crippen LogP contribution >= 0.6 is 0 Å². The molecule has 0 spiro atoms. The van der Waals surface area contributed by atoms with Gasteiger partial charge < -0.3 is 9.47 Å². The van der Waals surface area contributed by atoms with Gasteiger partial charge in [-0.2, -0.15) is 0 Å². The molecule has 0 atom stereocenters. The van der Waals surface area contributed by atoms with E-state index in [4.69, 9.17) is 9.47 Å². The van der Waals surface area contributed by atoms with Gasteiger partial charge >= 0.3 is 6.09 Å². The van der Waals surface area contributed by atoms with Crippen molar-refractivity contribution in [2.45, 2.75) is 13.5 Å². The Morgan fingerprint density at radius 1 is 1.10 bits per heavy atom. The van der Waals surface area contributed by atoms with Crippen molar-refractivity contribution in [3.63, 3.8) is 0 Å². The fourth-order valence-electron chi connectivity index (χ4n) is 2.07. The van der Waals surface area contributed by atoms with Gasteiger partial charge in [0.05, 0.1) is 12.8 Å². The summed E-state index contributed by atoms with van der Waals surface area (Å²) < 4.78 is 10.6. The zero-order chi connectivity index (χ0) is 15.2. The fourth-order valence-corrected chi connectivity index (χ4v) is 2.07. The van der Waals surface area contributed by atoms with E-state index in [0.29, 0.717) is 6.61 Å². The average Bonchev–Trinajstić information content (AvgIpc) is 2.53. The zero-order valence-electron chi connectivity index (χ0n) is 12.5. The number of amides is 1. The molecule has 2 aromatic rings. The Morgan fingerprint density at radius 3 is 2.48 bits per heavy atom. The molecule has 0 aliphatic heterocycles. The van der Waals surface area contributed by atoms with Crippen LogP contribution in [0.5, 0.6) is 5.75 Å². The van der Waals surface area contributed by atoms with E-state index < -0.39 is 6.09 Å². The maximum atomic E-state index is 11.7. The number of hydrogen-bond acceptors (Lipinski definition) is 3. The number of anilines is 1. The average molecular weight is 285 g/mol. The molecule has 0 aliphatic rings. The Morgan fingerprint density at radius 2 is 1.76 bits per heavy atom. The lowest BCUT2D eigenvalue weighted by Gasteiger charge is -2.19. The molecule has 2 rings (SSSR count). The van der Waals surface area contributed by atoms with E-state index in [1.165, 1.54) is 12.0 Å². The number of para-hydroxylation sites is 2. The second-order valence-corrected chi connectivity index (χ2v) is 4.71. The molecule has 0 radical (unpaired) electrons. The van der Waals surface area contributed by atoms with Crippen LogP contribution < -0.4 is 9.64 Å². The Labute approximate surface area is 124 Å². The number of carbonyl (C=O) groups excluding carboxylic acids is 1. The third-order valence-electron chi connectivity index (χ3n) is 3.28. The van der Waals surface area contributed by atoms with Crippen molar-refractivity contribution in [3.8, 4) is 5.75 Å². The predicted molar refractivity (Wildman–Crippen MR) is 82.8 cm³/mol. The third-order valence-corrected chi connectivity index (χ3v) is 3.28. The first-order valence-electron chi connectivity index (χ1n) is 6.71. The monoisotopic (exact) mass is 285 g/mol. The van der Waals surface area contributed by atoms with Crippen LogP contribution in [0.3, 0.4) is 0 Å². The second kappa shape index (κ2) is 6.79. The minimum absolute atomic E-state index is 0.391. The first kappa shape index (κ1) is 14.9. The molecule has 1 amide bonds. The number of ether oxygens (including phenoxy) is 2. The van der Waals surface area contributed by atoms with E-state index in [-0.39, 0.29) is 0 Å². The molecule has 0 bridgehead atoms. The van der Waals surface area contributed by atoms with E-state index in [9.17, 15) is 4.79 Å². The summed E-state index contributed by atoms with van der Waals surface area (Å²) >= 11 is 0. The smallest absolute Gasteiger partial charge is 0.413 e. The molecule has 0 aliphatic carbocycles. The lowest BCUT2D eigenvalue weighted by atomic mass is 10.1. The van der Waals surface area contributed by atoms with Crippen LogP contribution in [0, 0.1) is 6.92 Å². The molecular formula is C17H19NO3. The molecule has 4 heteroatoms. The zero-order valence-corrected chi connectivity index (χ0v) is 12.5. The molecule has 0 N–H and O–H groups in total. The van der Waals surface area contributed by atoms with Gasteiger partial charge in [0.15, 0.2) is 0 Å². The normalized spacial score (nSPS) is 10.0. The van der Waals surface area contributed by atoms with Crippen molar-refractivity contribution in [3.05, 3.63) is 59.7 Å². The molecule has 4 nitrogen and oxygen atoms in total. The van der Waals surface area contributed by atoms with Gasteiger partial charge in [0.2, 0.25) is 0 Å². The highest BCUT2D eigenvalue weighted by atomic mass is 16.5. The maximum absolute atomic E-state index is 11.7. The first-order valence-corrected chi connectivity index (χ1v) is 6.71. The van der Waals surface area contributed by atoms with Crippen molar-refractivity contribution in [2.24, 2.45) is 0 Å². The first-order chi connectivity index (χ1) is 10.1. The number of carbonyl (C=O) groups is 1.